The van der Waals surface area contributed by atoms with Crippen LogP contribution in [0.4, 0.5) is 0 Å². The van der Waals surface area contributed by atoms with Gasteiger partial charge >= 0.3 is 0 Å². The van der Waals surface area contributed by atoms with Crippen molar-refractivity contribution < 1.29 is 9.21 Å². The van der Waals surface area contributed by atoms with Crippen LogP contribution >= 0.6 is 34.8 Å². The van der Waals surface area contributed by atoms with Crippen molar-refractivity contribution in [3.05, 3.63) is 69.0 Å². The molecule has 0 saturated heterocycles. The summed E-state index contributed by atoms with van der Waals surface area (Å²) in [4.78, 5) is 14.7. The number of hydrogen-bond donors (Lipinski definition) is 0. The van der Waals surface area contributed by atoms with E-state index in [4.69, 9.17) is 39.2 Å². The highest BCUT2D eigenvalue weighted by molar-refractivity contribution is 6.42. The molecule has 1 aromatic heterocycles. The molecule has 0 radical (unpaired) electrons. The Hall–Kier alpha value is -2.08. The molecule has 0 aliphatic heterocycles. The van der Waals surface area contributed by atoms with Crippen molar-refractivity contribution >= 4 is 40.7 Å². The van der Waals surface area contributed by atoms with Crippen LogP contribution in [-0.4, -0.2) is 27.0 Å². The van der Waals surface area contributed by atoms with E-state index in [9.17, 15) is 4.79 Å². The van der Waals surface area contributed by atoms with Crippen molar-refractivity contribution in [2.24, 2.45) is 0 Å². The Kier molecular flexibility index (Phi) is 5.08. The second-order valence-corrected chi connectivity index (χ2v) is 7.55. The van der Waals surface area contributed by atoms with Gasteiger partial charge < -0.3 is 9.32 Å². The molecule has 2 aromatic carbocycles. The fourth-order valence-electron chi connectivity index (χ4n) is 2.72. The van der Waals surface area contributed by atoms with Gasteiger partial charge in [0.05, 0.1) is 16.6 Å². The van der Waals surface area contributed by atoms with Crippen molar-refractivity contribution in [2.75, 3.05) is 0 Å². The summed E-state index contributed by atoms with van der Waals surface area (Å²) in [6.45, 7) is 0.240. The average Bonchev–Trinajstić information content (AvgIpc) is 3.40. The van der Waals surface area contributed by atoms with Crippen molar-refractivity contribution in [1.29, 1.82) is 0 Å². The van der Waals surface area contributed by atoms with Crippen LogP contribution in [0.5, 0.6) is 0 Å². The van der Waals surface area contributed by atoms with E-state index in [0.717, 1.165) is 18.4 Å². The van der Waals surface area contributed by atoms with E-state index in [-0.39, 0.29) is 18.5 Å². The smallest absolute Gasteiger partial charge is 0.254 e. The fourth-order valence-corrected chi connectivity index (χ4v) is 3.14. The SMILES string of the molecule is O=C(c1ccc(Cl)c(Cl)c1)N(Cc1nnc(-c2ccc(Cl)cc2)o1)C1CC1. The third-order valence-electron chi connectivity index (χ3n) is 4.28. The largest absolute Gasteiger partial charge is 0.419 e. The fraction of sp³-hybridized carbons (Fsp3) is 0.211. The molecule has 1 heterocycles. The van der Waals surface area contributed by atoms with E-state index in [0.29, 0.717) is 32.4 Å². The summed E-state index contributed by atoms with van der Waals surface area (Å²) in [5.41, 5.74) is 1.25. The van der Waals surface area contributed by atoms with Crippen molar-refractivity contribution in [3.63, 3.8) is 0 Å². The molecule has 8 heteroatoms. The van der Waals surface area contributed by atoms with Gasteiger partial charge in [0.25, 0.3) is 5.91 Å². The molecule has 3 aromatic rings. The number of halogens is 3. The van der Waals surface area contributed by atoms with E-state index in [2.05, 4.69) is 10.2 Å². The van der Waals surface area contributed by atoms with Gasteiger partial charge in [-0.15, -0.1) is 10.2 Å². The van der Waals surface area contributed by atoms with Gasteiger partial charge in [0, 0.05) is 22.2 Å². The zero-order chi connectivity index (χ0) is 19.0. The summed E-state index contributed by atoms with van der Waals surface area (Å²) in [6, 6.07) is 12.1. The van der Waals surface area contributed by atoms with Crippen molar-refractivity contribution in [1.82, 2.24) is 15.1 Å². The highest BCUT2D eigenvalue weighted by Crippen LogP contribution is 2.31. The van der Waals surface area contributed by atoms with E-state index < -0.39 is 0 Å². The van der Waals surface area contributed by atoms with Crippen LogP contribution in [0, 0.1) is 0 Å². The molecular formula is C19H14Cl3N3O2. The summed E-state index contributed by atoms with van der Waals surface area (Å²) < 4.78 is 5.74. The Balaban J connectivity index is 1.54. The molecule has 1 aliphatic carbocycles. The van der Waals surface area contributed by atoms with Gasteiger partial charge in [0.1, 0.15) is 0 Å². The van der Waals surface area contributed by atoms with E-state index in [1.165, 1.54) is 0 Å². The lowest BCUT2D eigenvalue weighted by atomic mass is 10.2. The molecular weight excluding hydrogens is 409 g/mol. The molecule has 0 bridgehead atoms. The number of hydrogen-bond acceptors (Lipinski definition) is 4. The first-order valence-electron chi connectivity index (χ1n) is 8.35. The Morgan fingerprint density at radius 1 is 1.04 bits per heavy atom. The summed E-state index contributed by atoms with van der Waals surface area (Å²) in [5.74, 6) is 0.627. The van der Waals surface area contributed by atoms with Crippen molar-refractivity contribution in [2.45, 2.75) is 25.4 Å². The van der Waals surface area contributed by atoms with Gasteiger partial charge in [0.2, 0.25) is 11.8 Å². The third kappa shape index (κ3) is 4.10. The van der Waals surface area contributed by atoms with Crippen LogP contribution in [0.25, 0.3) is 11.5 Å². The predicted molar refractivity (Wildman–Crippen MR) is 104 cm³/mol. The quantitative estimate of drug-likeness (QED) is 0.544. The van der Waals surface area contributed by atoms with Gasteiger partial charge in [-0.05, 0) is 55.3 Å². The predicted octanol–water partition coefficient (Wildman–Crippen LogP) is 5.50. The molecule has 0 spiro atoms. The number of carbonyl (C=O) groups excluding carboxylic acids is 1. The zero-order valence-corrected chi connectivity index (χ0v) is 16.3. The molecule has 1 saturated carbocycles. The van der Waals surface area contributed by atoms with Crippen LogP contribution in [0.1, 0.15) is 29.1 Å². The lowest BCUT2D eigenvalue weighted by Crippen LogP contribution is -2.32. The van der Waals surface area contributed by atoms with E-state index in [1.54, 1.807) is 47.4 Å². The van der Waals surface area contributed by atoms with Gasteiger partial charge in [-0.3, -0.25) is 4.79 Å². The van der Waals surface area contributed by atoms with Crippen LogP contribution in [0.15, 0.2) is 46.9 Å². The Morgan fingerprint density at radius 2 is 1.78 bits per heavy atom. The van der Waals surface area contributed by atoms with Crippen LogP contribution in [0.2, 0.25) is 15.1 Å². The number of rotatable bonds is 5. The summed E-state index contributed by atoms with van der Waals surface area (Å²) in [7, 11) is 0. The maximum Gasteiger partial charge on any atom is 0.254 e. The molecule has 5 nitrogen and oxygen atoms in total. The normalized spacial score (nSPS) is 13.6. The number of benzene rings is 2. The monoisotopic (exact) mass is 421 g/mol. The molecule has 0 unspecified atom stereocenters. The zero-order valence-electron chi connectivity index (χ0n) is 14.0. The van der Waals surface area contributed by atoms with Crippen LogP contribution in [0.3, 0.4) is 0 Å². The first-order chi connectivity index (χ1) is 13.0. The second-order valence-electron chi connectivity index (χ2n) is 6.30. The molecule has 0 atom stereocenters. The first kappa shape index (κ1) is 18.3. The van der Waals surface area contributed by atoms with Crippen LogP contribution < -0.4 is 0 Å². The number of aromatic nitrogens is 2. The molecule has 138 valence electrons. The molecule has 1 aliphatic rings. The highest BCUT2D eigenvalue weighted by Gasteiger charge is 2.34. The Morgan fingerprint density at radius 3 is 2.44 bits per heavy atom. The summed E-state index contributed by atoms with van der Waals surface area (Å²) in [6.07, 6.45) is 1.90. The molecule has 27 heavy (non-hydrogen) atoms. The molecule has 1 fully saturated rings. The molecule has 1 amide bonds. The van der Waals surface area contributed by atoms with Crippen LogP contribution in [-0.2, 0) is 6.54 Å². The Labute approximate surface area is 170 Å². The minimum atomic E-state index is -0.137. The topological polar surface area (TPSA) is 59.2 Å². The van der Waals surface area contributed by atoms with Gasteiger partial charge in [0.15, 0.2) is 0 Å². The van der Waals surface area contributed by atoms with Crippen molar-refractivity contribution in [3.8, 4) is 11.5 Å². The average molecular weight is 423 g/mol. The molecule has 4 rings (SSSR count). The molecule has 0 N–H and O–H groups in total. The van der Waals surface area contributed by atoms with E-state index >= 15 is 0 Å². The minimum Gasteiger partial charge on any atom is -0.419 e. The number of carbonyl (C=O) groups is 1. The minimum absolute atomic E-state index is 0.137. The second kappa shape index (κ2) is 7.50. The highest BCUT2D eigenvalue weighted by atomic mass is 35.5. The van der Waals surface area contributed by atoms with Gasteiger partial charge in [-0.25, -0.2) is 0 Å². The summed E-state index contributed by atoms with van der Waals surface area (Å²) in [5, 5.41) is 9.54. The lowest BCUT2D eigenvalue weighted by Gasteiger charge is -2.20. The van der Waals surface area contributed by atoms with Gasteiger partial charge in [-0.1, -0.05) is 34.8 Å². The van der Waals surface area contributed by atoms with Gasteiger partial charge in [-0.2, -0.15) is 0 Å². The Bertz CT molecular complexity index is 984. The summed E-state index contributed by atoms with van der Waals surface area (Å²) >= 11 is 17.9. The van der Waals surface area contributed by atoms with E-state index in [1.807, 2.05) is 0 Å². The standard InChI is InChI=1S/C19H14Cl3N3O2/c20-13-4-1-11(2-5-13)18-24-23-17(27-18)10-25(14-6-7-14)19(26)12-3-8-15(21)16(22)9-12/h1-5,8-9,14H,6-7,10H2. The number of amides is 1. The third-order valence-corrected chi connectivity index (χ3v) is 5.27. The maximum absolute atomic E-state index is 12.9. The first-order valence-corrected chi connectivity index (χ1v) is 9.49. The maximum atomic E-state index is 12.9. The number of nitrogens with zero attached hydrogens (tertiary/aromatic N) is 3. The lowest BCUT2D eigenvalue weighted by molar-refractivity contribution is 0.0714.